The Kier molecular flexibility index (Phi) is 2.09. The number of amides is 1. The van der Waals surface area contributed by atoms with Gasteiger partial charge in [0.05, 0.1) is 0 Å². The van der Waals surface area contributed by atoms with Crippen molar-refractivity contribution in [3.05, 3.63) is 6.07 Å². The Bertz CT molecular complexity index is 291. The molecule has 1 rings (SSSR count). The van der Waals surface area contributed by atoms with Gasteiger partial charge in [-0.05, 0) is 0 Å². The van der Waals surface area contributed by atoms with Crippen molar-refractivity contribution in [2.24, 2.45) is 0 Å². The SMILES string of the molecule is CC(=O)Nc1nc(N)cc(N)n1. The van der Waals surface area contributed by atoms with E-state index in [-0.39, 0.29) is 23.5 Å². The smallest absolute Gasteiger partial charge is 0.233 e. The molecule has 0 atom stereocenters. The fraction of sp³-hybridized carbons (Fsp3) is 0.167. The number of nitrogens with zero attached hydrogens (tertiary/aromatic N) is 2. The largest absolute Gasteiger partial charge is 0.383 e. The third-order valence-corrected chi connectivity index (χ3v) is 1.05. The van der Waals surface area contributed by atoms with E-state index in [0.717, 1.165) is 0 Å². The highest BCUT2D eigenvalue weighted by molar-refractivity contribution is 5.86. The van der Waals surface area contributed by atoms with Crippen molar-refractivity contribution in [3.8, 4) is 0 Å². The molecule has 0 unspecified atom stereocenters. The van der Waals surface area contributed by atoms with Gasteiger partial charge < -0.3 is 11.5 Å². The lowest BCUT2D eigenvalue weighted by atomic mass is 10.5. The lowest BCUT2D eigenvalue weighted by Crippen LogP contribution is -2.11. The predicted molar refractivity (Wildman–Crippen MR) is 45.2 cm³/mol. The molecule has 0 saturated carbocycles. The molecule has 1 aromatic rings. The van der Waals surface area contributed by atoms with Gasteiger partial charge in [-0.15, -0.1) is 0 Å². The van der Waals surface area contributed by atoms with E-state index in [1.165, 1.54) is 13.0 Å². The second-order valence-corrected chi connectivity index (χ2v) is 2.22. The van der Waals surface area contributed by atoms with Gasteiger partial charge >= 0.3 is 0 Å². The highest BCUT2D eigenvalue weighted by Gasteiger charge is 2.00. The summed E-state index contributed by atoms with van der Waals surface area (Å²) in [5, 5.41) is 2.37. The van der Waals surface area contributed by atoms with Gasteiger partial charge in [-0.25, -0.2) is 0 Å². The first-order chi connectivity index (χ1) is 5.58. The lowest BCUT2D eigenvalue weighted by Gasteiger charge is -2.01. The Morgan fingerprint density at radius 1 is 1.42 bits per heavy atom. The third-order valence-electron chi connectivity index (χ3n) is 1.05. The van der Waals surface area contributed by atoms with Crippen molar-refractivity contribution in [1.29, 1.82) is 0 Å². The molecular formula is C6H9N5O. The molecular weight excluding hydrogens is 158 g/mol. The van der Waals surface area contributed by atoms with E-state index in [0.29, 0.717) is 0 Å². The molecule has 0 aromatic carbocycles. The molecule has 1 amide bonds. The zero-order chi connectivity index (χ0) is 9.14. The molecule has 1 heterocycles. The van der Waals surface area contributed by atoms with Crippen molar-refractivity contribution in [2.45, 2.75) is 6.92 Å². The monoisotopic (exact) mass is 167 g/mol. The minimum absolute atomic E-state index is 0.125. The first-order valence-corrected chi connectivity index (χ1v) is 3.25. The van der Waals surface area contributed by atoms with Gasteiger partial charge in [0.15, 0.2) is 0 Å². The summed E-state index contributed by atoms with van der Waals surface area (Å²) in [6.45, 7) is 1.35. The van der Waals surface area contributed by atoms with Gasteiger partial charge in [0.1, 0.15) is 11.6 Å². The number of nitrogens with one attached hydrogen (secondary N) is 1. The van der Waals surface area contributed by atoms with Crippen LogP contribution in [0.25, 0.3) is 0 Å². The van der Waals surface area contributed by atoms with Crippen LogP contribution >= 0.6 is 0 Å². The number of aromatic nitrogens is 2. The standard InChI is InChI=1S/C6H9N5O/c1-3(12)9-6-10-4(7)2-5(8)11-6/h2H,1H3,(H5,7,8,9,10,11,12). The zero-order valence-electron chi connectivity index (χ0n) is 6.53. The summed E-state index contributed by atoms with van der Waals surface area (Å²) in [6.07, 6.45) is 0. The predicted octanol–water partition coefficient (Wildman–Crippen LogP) is -0.401. The van der Waals surface area contributed by atoms with Crippen LogP contribution in [0.5, 0.6) is 0 Å². The minimum atomic E-state index is -0.264. The number of hydrogen-bond acceptors (Lipinski definition) is 5. The fourth-order valence-electron chi connectivity index (χ4n) is 0.699. The van der Waals surface area contributed by atoms with Crippen LogP contribution in [0, 0.1) is 0 Å². The molecule has 0 aliphatic heterocycles. The highest BCUT2D eigenvalue weighted by Crippen LogP contribution is 2.07. The molecule has 0 radical (unpaired) electrons. The van der Waals surface area contributed by atoms with Crippen LogP contribution in [-0.2, 0) is 4.79 Å². The van der Waals surface area contributed by atoms with Crippen molar-refractivity contribution < 1.29 is 4.79 Å². The van der Waals surface area contributed by atoms with Crippen LogP contribution in [0.1, 0.15) is 6.92 Å². The number of rotatable bonds is 1. The number of nitrogen functional groups attached to an aromatic ring is 2. The maximum absolute atomic E-state index is 10.6. The summed E-state index contributed by atoms with van der Waals surface area (Å²) in [4.78, 5) is 18.0. The average Bonchev–Trinajstić information content (AvgIpc) is 1.81. The zero-order valence-corrected chi connectivity index (χ0v) is 6.53. The topological polar surface area (TPSA) is 107 Å². The first kappa shape index (κ1) is 8.25. The van der Waals surface area contributed by atoms with E-state index in [2.05, 4.69) is 15.3 Å². The van der Waals surface area contributed by atoms with Crippen LogP contribution in [0.4, 0.5) is 17.6 Å². The summed E-state index contributed by atoms with van der Waals surface area (Å²) in [5.74, 6) is 0.317. The second-order valence-electron chi connectivity index (χ2n) is 2.22. The Labute approximate surface area is 69.0 Å². The van der Waals surface area contributed by atoms with Crippen molar-refractivity contribution in [2.75, 3.05) is 16.8 Å². The van der Waals surface area contributed by atoms with E-state index < -0.39 is 0 Å². The third kappa shape index (κ3) is 2.08. The van der Waals surface area contributed by atoms with Gasteiger partial charge in [-0.2, -0.15) is 9.97 Å². The maximum atomic E-state index is 10.6. The molecule has 12 heavy (non-hydrogen) atoms. The fourth-order valence-corrected chi connectivity index (χ4v) is 0.699. The van der Waals surface area contributed by atoms with Crippen LogP contribution in [0.3, 0.4) is 0 Å². The van der Waals surface area contributed by atoms with E-state index in [1.54, 1.807) is 0 Å². The van der Waals surface area contributed by atoms with Gasteiger partial charge in [0.25, 0.3) is 0 Å². The molecule has 0 fully saturated rings. The van der Waals surface area contributed by atoms with Crippen LogP contribution < -0.4 is 16.8 Å². The van der Waals surface area contributed by atoms with E-state index in [1.807, 2.05) is 0 Å². The quantitative estimate of drug-likeness (QED) is 0.527. The summed E-state index contributed by atoms with van der Waals surface area (Å²) in [5.41, 5.74) is 10.7. The van der Waals surface area contributed by atoms with Gasteiger partial charge in [-0.3, -0.25) is 10.1 Å². The van der Waals surface area contributed by atoms with E-state index >= 15 is 0 Å². The van der Waals surface area contributed by atoms with Crippen molar-refractivity contribution in [3.63, 3.8) is 0 Å². The molecule has 6 heteroatoms. The van der Waals surface area contributed by atoms with E-state index in [9.17, 15) is 4.79 Å². The molecule has 0 aliphatic carbocycles. The molecule has 5 N–H and O–H groups in total. The van der Waals surface area contributed by atoms with Gasteiger partial charge in [0, 0.05) is 13.0 Å². The maximum Gasteiger partial charge on any atom is 0.233 e. The summed E-state index contributed by atoms with van der Waals surface area (Å²) in [6, 6.07) is 1.41. The molecule has 0 aliphatic rings. The minimum Gasteiger partial charge on any atom is -0.383 e. The van der Waals surface area contributed by atoms with Crippen molar-refractivity contribution >= 4 is 23.5 Å². The van der Waals surface area contributed by atoms with Gasteiger partial charge in [-0.1, -0.05) is 0 Å². The Morgan fingerprint density at radius 3 is 2.33 bits per heavy atom. The first-order valence-electron chi connectivity index (χ1n) is 3.25. The second kappa shape index (κ2) is 3.04. The normalized spacial score (nSPS) is 9.42. The number of carbonyl (C=O) groups is 1. The molecule has 0 saturated heterocycles. The number of nitrogens with two attached hydrogens (primary N) is 2. The van der Waals surface area contributed by atoms with Crippen LogP contribution in [0.2, 0.25) is 0 Å². The summed E-state index contributed by atoms with van der Waals surface area (Å²) < 4.78 is 0. The lowest BCUT2D eigenvalue weighted by molar-refractivity contribution is -0.114. The van der Waals surface area contributed by atoms with Crippen LogP contribution in [0.15, 0.2) is 6.07 Å². The summed E-state index contributed by atoms with van der Waals surface area (Å²) >= 11 is 0. The molecule has 1 aromatic heterocycles. The van der Waals surface area contributed by atoms with Crippen molar-refractivity contribution in [1.82, 2.24) is 9.97 Å². The Morgan fingerprint density at radius 2 is 1.92 bits per heavy atom. The number of hydrogen-bond donors (Lipinski definition) is 3. The van der Waals surface area contributed by atoms with Crippen LogP contribution in [-0.4, -0.2) is 15.9 Å². The molecule has 6 nitrogen and oxygen atoms in total. The number of anilines is 3. The average molecular weight is 167 g/mol. The molecule has 0 spiro atoms. The summed E-state index contributed by atoms with van der Waals surface area (Å²) in [7, 11) is 0. The number of carbonyl (C=O) groups excluding carboxylic acids is 1. The Balaban J connectivity index is 2.93. The highest BCUT2D eigenvalue weighted by atomic mass is 16.1. The van der Waals surface area contributed by atoms with E-state index in [4.69, 9.17) is 11.5 Å². The molecule has 0 bridgehead atoms. The van der Waals surface area contributed by atoms with Gasteiger partial charge in [0.2, 0.25) is 11.9 Å². The Hall–Kier alpha value is -1.85. The molecule has 64 valence electrons.